The third kappa shape index (κ3) is 3.75. The highest BCUT2D eigenvalue weighted by Gasteiger charge is 2.27. The molecule has 0 unspecified atom stereocenters. The largest absolute Gasteiger partial charge is 0.327 e. The van der Waals surface area contributed by atoms with Gasteiger partial charge in [-0.25, -0.2) is 8.42 Å². The minimum atomic E-state index is -3.57. The molecule has 1 aliphatic heterocycles. The van der Waals surface area contributed by atoms with Crippen molar-refractivity contribution in [2.45, 2.75) is 31.1 Å². The van der Waals surface area contributed by atoms with Gasteiger partial charge in [0.25, 0.3) is 5.91 Å². The molecule has 0 bridgehead atoms. The van der Waals surface area contributed by atoms with Crippen molar-refractivity contribution in [1.82, 2.24) is 8.87 Å². The van der Waals surface area contributed by atoms with E-state index >= 15 is 0 Å². The summed E-state index contributed by atoms with van der Waals surface area (Å²) in [5.41, 5.74) is 1.04. The zero-order valence-electron chi connectivity index (χ0n) is 14.3. The van der Waals surface area contributed by atoms with Crippen LogP contribution in [0.1, 0.15) is 35.2 Å². The second kappa shape index (κ2) is 7.23. The molecule has 8 heteroatoms. The molecule has 1 aromatic heterocycles. The first-order valence-electron chi connectivity index (χ1n) is 8.19. The van der Waals surface area contributed by atoms with Crippen molar-refractivity contribution < 1.29 is 13.2 Å². The monoisotopic (exact) mass is 379 g/mol. The summed E-state index contributed by atoms with van der Waals surface area (Å²) in [6, 6.07) is 4.70. The van der Waals surface area contributed by atoms with Crippen LogP contribution in [0.3, 0.4) is 0 Å². The van der Waals surface area contributed by atoms with Gasteiger partial charge in [0.1, 0.15) is 0 Å². The number of sulfonamides is 1. The van der Waals surface area contributed by atoms with E-state index in [4.69, 9.17) is 0 Å². The number of hydrogen-bond acceptors (Lipinski definition) is 4. The summed E-state index contributed by atoms with van der Waals surface area (Å²) >= 11 is 1.36. The molecule has 25 heavy (non-hydrogen) atoms. The average Bonchev–Trinajstić information content (AvgIpc) is 3.00. The molecular formula is C17H21N3O3S2. The topological polar surface area (TPSA) is 71.7 Å². The van der Waals surface area contributed by atoms with Gasteiger partial charge >= 0.3 is 0 Å². The van der Waals surface area contributed by atoms with Crippen LogP contribution in [0.2, 0.25) is 0 Å². The van der Waals surface area contributed by atoms with E-state index in [1.165, 1.54) is 21.7 Å². The number of aromatic nitrogens is 1. The van der Waals surface area contributed by atoms with Gasteiger partial charge in [0, 0.05) is 37.3 Å². The van der Waals surface area contributed by atoms with Gasteiger partial charge in [0.15, 0.2) is 4.80 Å². The number of rotatable bonds is 3. The molecule has 0 aliphatic carbocycles. The van der Waals surface area contributed by atoms with Crippen LogP contribution in [0.15, 0.2) is 39.7 Å². The van der Waals surface area contributed by atoms with Crippen molar-refractivity contribution in [2.75, 3.05) is 13.1 Å². The molecule has 0 atom stereocenters. The van der Waals surface area contributed by atoms with Crippen LogP contribution in [0.5, 0.6) is 0 Å². The standard InChI is InChI=1S/C17H21N3O3S2/c1-13-6-7-14(25(22,23)20-8-4-3-5-9-20)12-15(13)16(21)18-17-19(2)10-11-24-17/h6-7,10-12H,3-5,8-9H2,1-2H3. The molecule has 1 amide bonds. The molecular weight excluding hydrogens is 358 g/mol. The Kier molecular flexibility index (Phi) is 5.21. The van der Waals surface area contributed by atoms with Crippen molar-refractivity contribution in [3.8, 4) is 0 Å². The van der Waals surface area contributed by atoms with E-state index in [-0.39, 0.29) is 4.90 Å². The number of hydrogen-bond donors (Lipinski definition) is 0. The van der Waals surface area contributed by atoms with Crippen LogP contribution in [-0.4, -0.2) is 36.3 Å². The van der Waals surface area contributed by atoms with Gasteiger partial charge in [-0.2, -0.15) is 9.30 Å². The molecule has 0 N–H and O–H groups in total. The summed E-state index contributed by atoms with van der Waals surface area (Å²) < 4.78 is 28.9. The van der Waals surface area contributed by atoms with Crippen molar-refractivity contribution in [3.63, 3.8) is 0 Å². The van der Waals surface area contributed by atoms with Gasteiger partial charge in [-0.3, -0.25) is 4.79 Å². The van der Waals surface area contributed by atoms with E-state index < -0.39 is 15.9 Å². The lowest BCUT2D eigenvalue weighted by atomic mass is 10.1. The first-order valence-corrected chi connectivity index (χ1v) is 10.5. The molecule has 134 valence electrons. The number of piperidine rings is 1. The summed E-state index contributed by atoms with van der Waals surface area (Å²) in [4.78, 5) is 17.4. The maximum atomic E-state index is 12.8. The molecule has 1 aliphatic rings. The van der Waals surface area contributed by atoms with Crippen molar-refractivity contribution in [3.05, 3.63) is 45.7 Å². The lowest BCUT2D eigenvalue weighted by Crippen LogP contribution is -2.35. The van der Waals surface area contributed by atoms with Gasteiger partial charge in [-0.1, -0.05) is 12.5 Å². The van der Waals surface area contributed by atoms with Crippen LogP contribution >= 0.6 is 11.3 Å². The maximum absolute atomic E-state index is 12.8. The van der Waals surface area contributed by atoms with Crippen LogP contribution < -0.4 is 4.80 Å². The van der Waals surface area contributed by atoms with Crippen molar-refractivity contribution in [2.24, 2.45) is 12.0 Å². The SMILES string of the molecule is Cc1ccc(S(=O)(=O)N2CCCCC2)cc1C(=O)N=c1sccn1C. The first kappa shape index (κ1) is 18.0. The van der Waals surface area contributed by atoms with Gasteiger partial charge in [-0.05, 0) is 37.5 Å². The number of carbonyl (C=O) groups is 1. The fourth-order valence-electron chi connectivity index (χ4n) is 2.83. The molecule has 0 spiro atoms. The van der Waals surface area contributed by atoms with E-state index in [2.05, 4.69) is 4.99 Å². The Morgan fingerprint density at radius 2 is 1.92 bits per heavy atom. The maximum Gasteiger partial charge on any atom is 0.279 e. The highest BCUT2D eigenvalue weighted by molar-refractivity contribution is 7.89. The number of thiazole rings is 1. The van der Waals surface area contributed by atoms with Gasteiger partial charge in [-0.15, -0.1) is 11.3 Å². The number of aryl methyl sites for hydroxylation is 2. The lowest BCUT2D eigenvalue weighted by molar-refractivity contribution is 0.0997. The van der Waals surface area contributed by atoms with Gasteiger partial charge < -0.3 is 4.57 Å². The minimum Gasteiger partial charge on any atom is -0.327 e. The Balaban J connectivity index is 1.98. The van der Waals surface area contributed by atoms with Crippen LogP contribution in [0.25, 0.3) is 0 Å². The van der Waals surface area contributed by atoms with Crippen molar-refractivity contribution in [1.29, 1.82) is 0 Å². The predicted molar refractivity (Wildman–Crippen MR) is 97.0 cm³/mol. The molecule has 0 radical (unpaired) electrons. The lowest BCUT2D eigenvalue weighted by Gasteiger charge is -2.26. The zero-order valence-corrected chi connectivity index (χ0v) is 15.9. The molecule has 1 fully saturated rings. The van der Waals surface area contributed by atoms with Gasteiger partial charge in [0.2, 0.25) is 10.0 Å². The number of carbonyl (C=O) groups excluding carboxylic acids is 1. The fraction of sp³-hybridized carbons (Fsp3) is 0.412. The Labute approximate surface area is 151 Å². The third-order valence-corrected chi connectivity index (χ3v) is 7.09. The van der Waals surface area contributed by atoms with Crippen molar-refractivity contribution >= 4 is 27.3 Å². The fourth-order valence-corrected chi connectivity index (χ4v) is 5.10. The van der Waals surface area contributed by atoms with E-state index in [1.807, 2.05) is 18.6 Å². The predicted octanol–water partition coefficient (Wildman–Crippen LogP) is 2.31. The van der Waals surface area contributed by atoms with Gasteiger partial charge in [0.05, 0.1) is 4.90 Å². The molecule has 6 nitrogen and oxygen atoms in total. The number of amides is 1. The molecule has 0 saturated carbocycles. The normalized spacial score (nSPS) is 17.0. The summed E-state index contributed by atoms with van der Waals surface area (Å²) in [5.74, 6) is -0.425. The summed E-state index contributed by atoms with van der Waals surface area (Å²) in [6.45, 7) is 2.86. The quantitative estimate of drug-likeness (QED) is 0.822. The summed E-state index contributed by atoms with van der Waals surface area (Å²) in [7, 11) is -1.76. The smallest absolute Gasteiger partial charge is 0.279 e. The molecule has 2 aromatic rings. The number of nitrogens with zero attached hydrogens (tertiary/aromatic N) is 3. The third-order valence-electron chi connectivity index (χ3n) is 4.35. The molecule has 1 saturated heterocycles. The van der Waals surface area contributed by atoms with E-state index in [0.29, 0.717) is 29.0 Å². The summed E-state index contributed by atoms with van der Waals surface area (Å²) in [5, 5.41) is 1.84. The summed E-state index contributed by atoms with van der Waals surface area (Å²) in [6.07, 6.45) is 4.63. The second-order valence-electron chi connectivity index (χ2n) is 6.15. The molecule has 3 rings (SSSR count). The highest BCUT2D eigenvalue weighted by atomic mass is 32.2. The Bertz CT molecular complexity index is 952. The van der Waals surface area contributed by atoms with Crippen LogP contribution in [0, 0.1) is 6.92 Å². The average molecular weight is 380 g/mol. The second-order valence-corrected chi connectivity index (χ2v) is 8.97. The molecule has 2 heterocycles. The van der Waals surface area contributed by atoms with Crippen LogP contribution in [-0.2, 0) is 17.1 Å². The Morgan fingerprint density at radius 1 is 1.20 bits per heavy atom. The highest BCUT2D eigenvalue weighted by Crippen LogP contribution is 2.23. The molecule has 1 aromatic carbocycles. The van der Waals surface area contributed by atoms with E-state index in [9.17, 15) is 13.2 Å². The Hall–Kier alpha value is -1.77. The van der Waals surface area contributed by atoms with E-state index in [0.717, 1.165) is 19.3 Å². The minimum absolute atomic E-state index is 0.161. The van der Waals surface area contributed by atoms with Crippen LogP contribution in [0.4, 0.5) is 0 Å². The Morgan fingerprint density at radius 3 is 2.56 bits per heavy atom. The number of benzene rings is 1. The zero-order chi connectivity index (χ0) is 18.0. The van der Waals surface area contributed by atoms with E-state index in [1.54, 1.807) is 23.6 Å². The first-order chi connectivity index (χ1) is 11.9.